The van der Waals surface area contributed by atoms with E-state index in [0.29, 0.717) is 5.75 Å². The smallest absolute Gasteiger partial charge is 0.308 e. The van der Waals surface area contributed by atoms with Crippen molar-refractivity contribution >= 4 is 11.9 Å². The van der Waals surface area contributed by atoms with Crippen LogP contribution in [-0.4, -0.2) is 30.1 Å². The lowest BCUT2D eigenvalue weighted by Crippen LogP contribution is -2.34. The highest BCUT2D eigenvalue weighted by Gasteiger charge is 2.12. The molecule has 0 aliphatic carbocycles. The molecule has 1 atom stereocenters. The van der Waals surface area contributed by atoms with Crippen molar-refractivity contribution in [3.63, 3.8) is 0 Å². The molecule has 0 saturated carbocycles. The molecule has 5 heteroatoms. The largest absolute Gasteiger partial charge is 0.484 e. The summed E-state index contributed by atoms with van der Waals surface area (Å²) in [5.74, 6) is -1.26. The van der Waals surface area contributed by atoms with Crippen molar-refractivity contribution < 1.29 is 19.4 Å². The molecule has 2 N–H and O–H groups in total. The zero-order valence-electron chi connectivity index (χ0n) is 9.55. The van der Waals surface area contributed by atoms with Crippen molar-refractivity contribution in [1.82, 2.24) is 5.32 Å². The number of nitrogens with one attached hydrogen (secondary N) is 1. The van der Waals surface area contributed by atoms with Gasteiger partial charge in [0.05, 0.1) is 5.92 Å². The van der Waals surface area contributed by atoms with Crippen LogP contribution in [-0.2, 0) is 9.59 Å². The highest BCUT2D eigenvalue weighted by Crippen LogP contribution is 2.07. The molecule has 0 aromatic heterocycles. The first-order valence-corrected chi connectivity index (χ1v) is 5.27. The lowest BCUT2D eigenvalue weighted by Gasteiger charge is -2.09. The number of amides is 1. The fourth-order valence-corrected chi connectivity index (χ4v) is 1.07. The summed E-state index contributed by atoms with van der Waals surface area (Å²) >= 11 is 0. The van der Waals surface area contributed by atoms with Crippen LogP contribution in [0.3, 0.4) is 0 Å². The molecule has 1 unspecified atom stereocenters. The zero-order chi connectivity index (χ0) is 12.7. The number of carbonyl (C=O) groups is 2. The maximum absolute atomic E-state index is 11.3. The summed E-state index contributed by atoms with van der Waals surface area (Å²) in [7, 11) is 0. The zero-order valence-corrected chi connectivity index (χ0v) is 9.55. The van der Waals surface area contributed by atoms with Crippen molar-refractivity contribution in [2.45, 2.75) is 6.92 Å². The Kier molecular flexibility index (Phi) is 5.00. The predicted molar refractivity (Wildman–Crippen MR) is 61.7 cm³/mol. The molecule has 1 aromatic rings. The van der Waals surface area contributed by atoms with Gasteiger partial charge in [0.15, 0.2) is 6.61 Å². The second-order valence-corrected chi connectivity index (χ2v) is 3.65. The van der Waals surface area contributed by atoms with Crippen molar-refractivity contribution in [1.29, 1.82) is 0 Å². The monoisotopic (exact) mass is 237 g/mol. The quantitative estimate of drug-likeness (QED) is 0.770. The average Bonchev–Trinajstić information content (AvgIpc) is 2.34. The van der Waals surface area contributed by atoms with Gasteiger partial charge < -0.3 is 15.2 Å². The van der Waals surface area contributed by atoms with E-state index >= 15 is 0 Å². The summed E-state index contributed by atoms with van der Waals surface area (Å²) in [6.07, 6.45) is 0. The third kappa shape index (κ3) is 5.01. The topological polar surface area (TPSA) is 75.6 Å². The predicted octanol–water partition coefficient (Wildman–Crippen LogP) is 0.902. The molecule has 1 rings (SSSR count). The van der Waals surface area contributed by atoms with E-state index in [9.17, 15) is 9.59 Å². The Morgan fingerprint density at radius 2 is 2.00 bits per heavy atom. The molecule has 5 nitrogen and oxygen atoms in total. The molecule has 0 fully saturated rings. The third-order valence-corrected chi connectivity index (χ3v) is 2.14. The lowest BCUT2D eigenvalue weighted by molar-refractivity contribution is -0.141. The number of benzene rings is 1. The first-order chi connectivity index (χ1) is 8.09. The number of hydrogen-bond donors (Lipinski definition) is 2. The molecule has 0 aliphatic rings. The standard InChI is InChI=1S/C12H15NO4/c1-9(12(15)16)7-13-11(14)8-17-10-5-3-2-4-6-10/h2-6,9H,7-8H2,1H3,(H,13,14)(H,15,16). The van der Waals surface area contributed by atoms with Crippen molar-refractivity contribution in [3.8, 4) is 5.75 Å². The van der Waals surface area contributed by atoms with Crippen LogP contribution in [0.25, 0.3) is 0 Å². The molecule has 0 radical (unpaired) electrons. The maximum atomic E-state index is 11.3. The summed E-state index contributed by atoms with van der Waals surface area (Å²) in [5, 5.41) is 11.1. The van der Waals surface area contributed by atoms with Gasteiger partial charge >= 0.3 is 5.97 Å². The summed E-state index contributed by atoms with van der Waals surface area (Å²) in [5.41, 5.74) is 0. The number of para-hydroxylation sites is 1. The van der Waals surface area contributed by atoms with Gasteiger partial charge in [-0.2, -0.15) is 0 Å². The second kappa shape index (κ2) is 6.52. The van der Waals surface area contributed by atoms with E-state index in [1.807, 2.05) is 6.07 Å². The number of carbonyl (C=O) groups excluding carboxylic acids is 1. The number of ether oxygens (including phenoxy) is 1. The van der Waals surface area contributed by atoms with E-state index in [1.165, 1.54) is 6.92 Å². The van der Waals surface area contributed by atoms with E-state index in [-0.39, 0.29) is 19.1 Å². The van der Waals surface area contributed by atoms with Crippen LogP contribution >= 0.6 is 0 Å². The van der Waals surface area contributed by atoms with E-state index in [0.717, 1.165) is 0 Å². The van der Waals surface area contributed by atoms with E-state index in [2.05, 4.69) is 5.32 Å². The molecule has 1 amide bonds. The first-order valence-electron chi connectivity index (χ1n) is 5.27. The van der Waals surface area contributed by atoms with Gasteiger partial charge in [0.25, 0.3) is 5.91 Å². The van der Waals surface area contributed by atoms with Gasteiger partial charge in [-0.05, 0) is 12.1 Å². The molecule has 0 aliphatic heterocycles. The van der Waals surface area contributed by atoms with Gasteiger partial charge in [-0.1, -0.05) is 25.1 Å². The Hall–Kier alpha value is -2.04. The van der Waals surface area contributed by atoms with Crippen LogP contribution in [0, 0.1) is 5.92 Å². The van der Waals surface area contributed by atoms with E-state index in [4.69, 9.17) is 9.84 Å². The molecule has 92 valence electrons. The third-order valence-electron chi connectivity index (χ3n) is 2.14. The Bertz CT molecular complexity index is 377. The highest BCUT2D eigenvalue weighted by atomic mass is 16.5. The Balaban J connectivity index is 2.24. The molecule has 0 bridgehead atoms. The van der Waals surface area contributed by atoms with Gasteiger partial charge in [-0.15, -0.1) is 0 Å². The molecule has 1 aromatic carbocycles. The second-order valence-electron chi connectivity index (χ2n) is 3.65. The first kappa shape index (κ1) is 13.0. The summed E-state index contributed by atoms with van der Waals surface area (Å²) in [6, 6.07) is 8.95. The van der Waals surface area contributed by atoms with E-state index < -0.39 is 11.9 Å². The van der Waals surface area contributed by atoms with E-state index in [1.54, 1.807) is 24.3 Å². The molecule has 0 heterocycles. The minimum absolute atomic E-state index is 0.103. The number of carboxylic acids is 1. The fourth-order valence-electron chi connectivity index (χ4n) is 1.07. The fraction of sp³-hybridized carbons (Fsp3) is 0.333. The van der Waals surface area contributed by atoms with Gasteiger partial charge in [-0.3, -0.25) is 9.59 Å². The Morgan fingerprint density at radius 1 is 1.35 bits per heavy atom. The van der Waals surface area contributed by atoms with Gasteiger partial charge in [-0.25, -0.2) is 0 Å². The summed E-state index contributed by atoms with van der Waals surface area (Å²) in [6.45, 7) is 1.52. The summed E-state index contributed by atoms with van der Waals surface area (Å²) < 4.78 is 5.20. The molecule has 0 saturated heterocycles. The van der Waals surface area contributed by atoms with Gasteiger partial charge in [0, 0.05) is 6.54 Å². The number of rotatable bonds is 6. The van der Waals surface area contributed by atoms with Crippen LogP contribution in [0.1, 0.15) is 6.92 Å². The molecule has 17 heavy (non-hydrogen) atoms. The number of aliphatic carboxylic acids is 1. The number of hydrogen-bond acceptors (Lipinski definition) is 3. The van der Waals surface area contributed by atoms with Gasteiger partial charge in [0.1, 0.15) is 5.75 Å². The minimum Gasteiger partial charge on any atom is -0.484 e. The lowest BCUT2D eigenvalue weighted by atomic mass is 10.2. The maximum Gasteiger partial charge on any atom is 0.308 e. The van der Waals surface area contributed by atoms with Crippen LogP contribution in [0.15, 0.2) is 30.3 Å². The van der Waals surface area contributed by atoms with Crippen LogP contribution in [0.4, 0.5) is 0 Å². The Labute approximate surface area is 99.4 Å². The van der Waals surface area contributed by atoms with Crippen LogP contribution in [0.5, 0.6) is 5.75 Å². The van der Waals surface area contributed by atoms with Crippen LogP contribution < -0.4 is 10.1 Å². The summed E-state index contributed by atoms with van der Waals surface area (Å²) in [4.78, 5) is 21.8. The van der Waals surface area contributed by atoms with Gasteiger partial charge in [0.2, 0.25) is 0 Å². The minimum atomic E-state index is -0.936. The molecular weight excluding hydrogens is 222 g/mol. The average molecular weight is 237 g/mol. The molecular formula is C12H15NO4. The normalized spacial score (nSPS) is 11.6. The van der Waals surface area contributed by atoms with Crippen molar-refractivity contribution in [2.75, 3.05) is 13.2 Å². The number of carboxylic acid groups (broad SMARTS) is 1. The van der Waals surface area contributed by atoms with Crippen molar-refractivity contribution in [2.24, 2.45) is 5.92 Å². The van der Waals surface area contributed by atoms with Crippen molar-refractivity contribution in [3.05, 3.63) is 30.3 Å². The Morgan fingerprint density at radius 3 is 2.59 bits per heavy atom. The highest BCUT2D eigenvalue weighted by molar-refractivity contribution is 5.78. The van der Waals surface area contributed by atoms with Crippen LogP contribution in [0.2, 0.25) is 0 Å². The SMILES string of the molecule is CC(CNC(=O)COc1ccccc1)C(=O)O. The molecule has 0 spiro atoms.